The van der Waals surface area contributed by atoms with Crippen LogP contribution in [0.15, 0.2) is 84.9 Å². The molecule has 1 heterocycles. The number of rotatable bonds is 3. The summed E-state index contributed by atoms with van der Waals surface area (Å²) in [6.45, 7) is 0. The van der Waals surface area contributed by atoms with E-state index in [2.05, 4.69) is 0 Å². The number of hydrogen-bond donors (Lipinski definition) is 1. The lowest BCUT2D eigenvalue weighted by molar-refractivity contribution is -0.155. The Labute approximate surface area is 173 Å². The first-order chi connectivity index (χ1) is 14.6. The van der Waals surface area contributed by atoms with Crippen molar-refractivity contribution >= 4 is 11.8 Å². The van der Waals surface area contributed by atoms with E-state index in [1.807, 2.05) is 60.7 Å². The number of Topliss-reactive ketones (excluding diaryl/α,β-unsaturated/α-hetero) is 1. The highest BCUT2D eigenvalue weighted by Crippen LogP contribution is 2.66. The van der Waals surface area contributed by atoms with Crippen LogP contribution in [0.3, 0.4) is 0 Å². The van der Waals surface area contributed by atoms with Gasteiger partial charge < -0.3 is 14.6 Å². The first kappa shape index (κ1) is 18.6. The summed E-state index contributed by atoms with van der Waals surface area (Å²) in [4.78, 5) is 26.7. The van der Waals surface area contributed by atoms with Gasteiger partial charge in [0.2, 0.25) is 0 Å². The summed E-state index contributed by atoms with van der Waals surface area (Å²) in [6, 6.07) is 25.3. The summed E-state index contributed by atoms with van der Waals surface area (Å²) in [6.07, 6.45) is 0. The van der Waals surface area contributed by atoms with Gasteiger partial charge in [-0.25, -0.2) is 0 Å². The van der Waals surface area contributed by atoms with E-state index in [1.54, 1.807) is 24.3 Å². The molecule has 0 unspecified atom stereocenters. The molecule has 1 aliphatic heterocycles. The van der Waals surface area contributed by atoms with Crippen molar-refractivity contribution in [3.05, 3.63) is 102 Å². The van der Waals surface area contributed by atoms with Gasteiger partial charge in [-0.05, 0) is 17.2 Å². The molecule has 0 aromatic heterocycles. The maximum Gasteiger partial charge on any atom is 0.317 e. The Morgan fingerprint density at radius 2 is 1.53 bits per heavy atom. The fraction of sp³-hybridized carbons (Fsp3) is 0.200. The van der Waals surface area contributed by atoms with Gasteiger partial charge in [0, 0.05) is 5.56 Å². The minimum absolute atomic E-state index is 0.367. The van der Waals surface area contributed by atoms with Crippen LogP contribution in [0, 0.1) is 5.92 Å². The molecule has 0 saturated heterocycles. The average molecular weight is 400 g/mol. The van der Waals surface area contributed by atoms with Crippen LogP contribution in [0.25, 0.3) is 0 Å². The van der Waals surface area contributed by atoms with Gasteiger partial charge in [-0.2, -0.15) is 0 Å². The van der Waals surface area contributed by atoms with Crippen LogP contribution < -0.4 is 4.74 Å². The zero-order valence-corrected chi connectivity index (χ0v) is 16.3. The van der Waals surface area contributed by atoms with Gasteiger partial charge in [0.1, 0.15) is 11.7 Å². The lowest BCUT2D eigenvalue weighted by Gasteiger charge is -2.39. The predicted octanol–water partition coefficient (Wildman–Crippen LogP) is 3.32. The predicted molar refractivity (Wildman–Crippen MR) is 109 cm³/mol. The van der Waals surface area contributed by atoms with Crippen LogP contribution in [0.2, 0.25) is 0 Å². The SMILES string of the molecule is COC(=O)[C@H]1C(=O)[C@@]2(O)c3ccccc3O[C@@]2(c2ccccc2)[C@@H]1c1ccccc1. The van der Waals surface area contributed by atoms with Crippen LogP contribution in [-0.2, 0) is 25.5 Å². The molecule has 3 aromatic carbocycles. The fourth-order valence-corrected chi connectivity index (χ4v) is 5.11. The number of ketones is 1. The summed E-state index contributed by atoms with van der Waals surface area (Å²) < 4.78 is 11.5. The first-order valence-corrected chi connectivity index (χ1v) is 9.79. The molecule has 0 spiro atoms. The largest absolute Gasteiger partial charge is 0.478 e. The second-order valence-electron chi connectivity index (χ2n) is 7.66. The highest BCUT2D eigenvalue weighted by molar-refractivity contribution is 6.09. The molecule has 5 nitrogen and oxygen atoms in total. The summed E-state index contributed by atoms with van der Waals surface area (Å²) in [5, 5.41) is 12.1. The lowest BCUT2D eigenvalue weighted by atomic mass is 9.71. The van der Waals surface area contributed by atoms with Crippen molar-refractivity contribution in [1.29, 1.82) is 0 Å². The Balaban J connectivity index is 1.88. The van der Waals surface area contributed by atoms with Crippen LogP contribution in [0.5, 0.6) is 5.75 Å². The maximum absolute atomic E-state index is 13.8. The van der Waals surface area contributed by atoms with Gasteiger partial charge >= 0.3 is 5.97 Å². The number of esters is 1. The number of benzene rings is 3. The van der Waals surface area contributed by atoms with E-state index < -0.39 is 34.8 Å². The van der Waals surface area contributed by atoms with Gasteiger partial charge in [0.25, 0.3) is 0 Å². The molecule has 2 aliphatic rings. The number of hydrogen-bond acceptors (Lipinski definition) is 5. The number of para-hydroxylation sites is 1. The minimum Gasteiger partial charge on any atom is -0.478 e. The second kappa shape index (κ2) is 6.54. The minimum atomic E-state index is -2.04. The zero-order chi connectivity index (χ0) is 20.9. The van der Waals surface area contributed by atoms with Gasteiger partial charge in [-0.3, -0.25) is 9.59 Å². The average Bonchev–Trinajstić information content (AvgIpc) is 3.18. The lowest BCUT2D eigenvalue weighted by Crippen LogP contribution is -2.50. The van der Waals surface area contributed by atoms with Crippen LogP contribution in [0.4, 0.5) is 0 Å². The first-order valence-electron chi connectivity index (χ1n) is 9.79. The molecule has 4 atom stereocenters. The van der Waals surface area contributed by atoms with E-state index in [9.17, 15) is 14.7 Å². The van der Waals surface area contributed by atoms with E-state index in [1.165, 1.54) is 7.11 Å². The Morgan fingerprint density at radius 3 is 2.20 bits per heavy atom. The molecule has 3 aromatic rings. The van der Waals surface area contributed by atoms with Crippen molar-refractivity contribution in [2.45, 2.75) is 17.1 Å². The molecule has 1 N–H and O–H groups in total. The number of carbonyl (C=O) groups is 2. The Bertz CT molecular complexity index is 1130. The Hall–Kier alpha value is -3.44. The molecule has 5 heteroatoms. The Morgan fingerprint density at radius 1 is 0.933 bits per heavy atom. The third kappa shape index (κ3) is 2.15. The van der Waals surface area contributed by atoms with Crippen molar-refractivity contribution in [2.75, 3.05) is 7.11 Å². The van der Waals surface area contributed by atoms with Crippen molar-refractivity contribution in [3.63, 3.8) is 0 Å². The molecule has 1 fully saturated rings. The van der Waals surface area contributed by atoms with Crippen LogP contribution in [0.1, 0.15) is 22.6 Å². The van der Waals surface area contributed by atoms with Gasteiger partial charge in [0.15, 0.2) is 17.0 Å². The standard InChI is InChI=1S/C25H20O5/c1-29-23(27)20-21(16-10-4-2-5-11-16)25(17-12-6-3-7-13-17)24(28,22(20)26)18-14-8-9-15-19(18)30-25/h2-15,20-21,28H,1H3/t20-,21-,24+,25+/m1/s1. The van der Waals surface area contributed by atoms with E-state index >= 15 is 0 Å². The van der Waals surface area contributed by atoms with Gasteiger partial charge in [-0.15, -0.1) is 0 Å². The topological polar surface area (TPSA) is 72.8 Å². The monoisotopic (exact) mass is 400 g/mol. The molecule has 1 aliphatic carbocycles. The molecular weight excluding hydrogens is 380 g/mol. The van der Waals surface area contributed by atoms with Gasteiger partial charge in [0.05, 0.1) is 13.0 Å². The zero-order valence-electron chi connectivity index (χ0n) is 16.3. The third-order valence-electron chi connectivity index (χ3n) is 6.31. The summed E-state index contributed by atoms with van der Waals surface area (Å²) >= 11 is 0. The molecule has 0 radical (unpaired) electrons. The van der Waals surface area contributed by atoms with Crippen molar-refractivity contribution in [1.82, 2.24) is 0 Å². The van der Waals surface area contributed by atoms with Crippen molar-refractivity contribution in [2.24, 2.45) is 5.92 Å². The number of fused-ring (bicyclic) bond motifs is 3. The van der Waals surface area contributed by atoms with Gasteiger partial charge in [-0.1, -0.05) is 78.9 Å². The Kier molecular flexibility index (Phi) is 4.05. The number of aliphatic hydroxyl groups is 1. The maximum atomic E-state index is 13.8. The van der Waals surface area contributed by atoms with Crippen molar-refractivity contribution < 1.29 is 24.2 Å². The normalized spacial score (nSPS) is 29.1. The number of ether oxygens (including phenoxy) is 2. The quantitative estimate of drug-likeness (QED) is 0.539. The fourth-order valence-electron chi connectivity index (χ4n) is 5.11. The second-order valence-corrected chi connectivity index (χ2v) is 7.66. The third-order valence-corrected chi connectivity index (χ3v) is 6.31. The summed E-state index contributed by atoms with van der Waals surface area (Å²) in [7, 11) is 1.25. The van der Waals surface area contributed by atoms with E-state index in [0.717, 1.165) is 0 Å². The van der Waals surface area contributed by atoms with E-state index in [-0.39, 0.29) is 0 Å². The molecule has 0 amide bonds. The number of carbonyl (C=O) groups excluding carboxylic acids is 2. The molecular formula is C25H20O5. The summed E-state index contributed by atoms with van der Waals surface area (Å²) in [5.74, 6) is -2.86. The van der Waals surface area contributed by atoms with E-state index in [0.29, 0.717) is 22.4 Å². The smallest absolute Gasteiger partial charge is 0.317 e. The molecule has 30 heavy (non-hydrogen) atoms. The molecule has 150 valence electrons. The molecule has 5 rings (SSSR count). The highest BCUT2D eigenvalue weighted by atomic mass is 16.5. The summed E-state index contributed by atoms with van der Waals surface area (Å²) in [5.41, 5.74) is -1.84. The van der Waals surface area contributed by atoms with E-state index in [4.69, 9.17) is 9.47 Å². The van der Waals surface area contributed by atoms with Crippen LogP contribution >= 0.6 is 0 Å². The molecule has 0 bridgehead atoms. The van der Waals surface area contributed by atoms with Crippen molar-refractivity contribution in [3.8, 4) is 5.75 Å². The number of methoxy groups -OCH3 is 1. The highest BCUT2D eigenvalue weighted by Gasteiger charge is 2.77. The van der Waals surface area contributed by atoms with Crippen LogP contribution in [-0.4, -0.2) is 24.0 Å². The molecule has 1 saturated carbocycles.